The van der Waals surface area contributed by atoms with Crippen molar-refractivity contribution in [2.75, 3.05) is 7.11 Å². The highest BCUT2D eigenvalue weighted by atomic mass is 79.9. The molecule has 2 aliphatic heterocycles. The smallest absolute Gasteiger partial charge is 0.122 e. The Bertz CT molecular complexity index is 362. The van der Waals surface area contributed by atoms with Gasteiger partial charge in [0.15, 0.2) is 0 Å². The molecular weight excluding hydrogens is 342 g/mol. The number of ether oxygens (including phenoxy) is 2. The van der Waals surface area contributed by atoms with Gasteiger partial charge >= 0.3 is 0 Å². The average molecular weight is 368 g/mol. The Balaban J connectivity index is 1.77. The monoisotopic (exact) mass is 366 g/mol. The topological polar surface area (TPSA) is 35.1 Å². The number of piperidine rings is 1. The van der Waals surface area contributed by atoms with E-state index in [-0.39, 0.29) is 6.10 Å². The van der Waals surface area contributed by atoms with Gasteiger partial charge in [0.1, 0.15) is 3.78 Å². The van der Waals surface area contributed by atoms with E-state index < -0.39 is 3.78 Å². The molecule has 2 N–H and O–H groups in total. The number of halogens is 2. The first-order valence-electron chi connectivity index (χ1n) is 7.81. The molecule has 0 amide bonds. The first-order chi connectivity index (χ1) is 9.40. The van der Waals surface area contributed by atoms with E-state index in [1.165, 1.54) is 12.8 Å². The van der Waals surface area contributed by atoms with Gasteiger partial charge in [-0.2, -0.15) is 0 Å². The maximum absolute atomic E-state index is 6.44. The second-order valence-electron chi connectivity index (χ2n) is 7.00. The summed E-state index contributed by atoms with van der Waals surface area (Å²) in [6.45, 7) is 4.35. The van der Waals surface area contributed by atoms with Crippen molar-refractivity contribution in [2.45, 2.75) is 73.7 Å². The molecule has 116 valence electrons. The molecule has 20 heavy (non-hydrogen) atoms. The van der Waals surface area contributed by atoms with E-state index in [0.717, 1.165) is 12.8 Å². The van der Waals surface area contributed by atoms with E-state index in [2.05, 4.69) is 28.2 Å². The van der Waals surface area contributed by atoms with Crippen molar-refractivity contribution in [2.24, 2.45) is 11.8 Å². The van der Waals surface area contributed by atoms with Crippen LogP contribution in [-0.2, 0) is 9.47 Å². The zero-order valence-electron chi connectivity index (χ0n) is 12.5. The van der Waals surface area contributed by atoms with Crippen LogP contribution in [0, 0.1) is 11.8 Å². The van der Waals surface area contributed by atoms with Crippen molar-refractivity contribution in [3.8, 4) is 0 Å². The molecule has 1 saturated carbocycles. The van der Waals surface area contributed by atoms with E-state index in [1.54, 1.807) is 0 Å². The van der Waals surface area contributed by atoms with E-state index in [4.69, 9.17) is 21.1 Å². The van der Waals surface area contributed by atoms with E-state index in [9.17, 15) is 0 Å². The van der Waals surface area contributed by atoms with Crippen LogP contribution < -0.4 is 5.32 Å². The highest BCUT2D eigenvalue weighted by molar-refractivity contribution is 9.10. The second kappa shape index (κ2) is 5.69. The molecule has 8 unspecified atom stereocenters. The molecule has 3 fully saturated rings. The Morgan fingerprint density at radius 3 is 2.70 bits per heavy atom. The van der Waals surface area contributed by atoms with Crippen molar-refractivity contribution in [3.63, 3.8) is 0 Å². The zero-order chi connectivity index (χ0) is 14.5. The van der Waals surface area contributed by atoms with Gasteiger partial charge in [0.25, 0.3) is 0 Å². The number of rotatable bonds is 2. The minimum Gasteiger partial charge on any atom is -0.381 e. The molecule has 1 aliphatic carbocycles. The Morgan fingerprint density at radius 2 is 2.05 bits per heavy atom. The molecule has 0 radical (unpaired) electrons. The summed E-state index contributed by atoms with van der Waals surface area (Å²) in [6, 6.07) is 1.34. The number of methoxy groups -OCH3 is 1. The van der Waals surface area contributed by atoms with E-state index >= 15 is 0 Å². The van der Waals surface area contributed by atoms with Crippen molar-refractivity contribution in [1.29, 1.82) is 0 Å². The van der Waals surface area contributed by atoms with Crippen LogP contribution in [0.15, 0.2) is 0 Å². The van der Waals surface area contributed by atoms with Crippen LogP contribution in [0.25, 0.3) is 0 Å². The summed E-state index contributed by atoms with van der Waals surface area (Å²) in [5.41, 5.74) is 0. The number of hydrogen-bond donors (Lipinski definition) is 1. The first kappa shape index (κ1) is 15.5. The van der Waals surface area contributed by atoms with Gasteiger partial charge in [0.05, 0.1) is 30.4 Å². The summed E-state index contributed by atoms with van der Waals surface area (Å²) in [6.07, 6.45) is 5.52. The van der Waals surface area contributed by atoms with Crippen molar-refractivity contribution >= 4 is 27.5 Å². The third kappa shape index (κ3) is 2.79. The molecule has 8 atom stereocenters. The summed E-state index contributed by atoms with van der Waals surface area (Å²) >= 11 is 10.0. The number of alkyl halides is 2. The highest BCUT2D eigenvalue weighted by Crippen LogP contribution is 2.46. The Kier molecular flexibility index (Phi) is 4.42. The minimum atomic E-state index is -0.450. The minimum absolute atomic E-state index is 0.108. The summed E-state index contributed by atoms with van der Waals surface area (Å²) in [4.78, 5) is 0. The van der Waals surface area contributed by atoms with Crippen molar-refractivity contribution in [3.05, 3.63) is 0 Å². The SMILES string of the molecule is COC1CCC2[NH2+]C(C)C3CC(C(C)(Cl)Br)OC3C2C1. The third-order valence-corrected chi connectivity index (χ3v) is 6.44. The molecule has 0 spiro atoms. The molecule has 5 heteroatoms. The standard InChI is InChI=1S/C15H25BrClNO2/c1-8-10-7-13(15(2,16)17)20-14(10)11-6-9(19-3)4-5-12(11)18-8/h8-14,18H,4-7H2,1-3H3/p+1. The lowest BCUT2D eigenvalue weighted by Gasteiger charge is -2.44. The van der Waals surface area contributed by atoms with E-state index in [1.807, 2.05) is 14.0 Å². The highest BCUT2D eigenvalue weighted by Gasteiger charge is 2.55. The number of fused-ring (bicyclic) bond motifs is 3. The predicted octanol–water partition coefficient (Wildman–Crippen LogP) is 2.26. The molecule has 0 aromatic rings. The van der Waals surface area contributed by atoms with Gasteiger partial charge in [-0.3, -0.25) is 0 Å². The molecule has 0 aromatic heterocycles. The van der Waals surface area contributed by atoms with Crippen molar-refractivity contribution in [1.82, 2.24) is 0 Å². The van der Waals surface area contributed by atoms with Gasteiger partial charge in [0.2, 0.25) is 0 Å². The third-order valence-electron chi connectivity index (χ3n) is 5.68. The predicted molar refractivity (Wildman–Crippen MR) is 83.3 cm³/mol. The van der Waals surface area contributed by atoms with Crippen LogP contribution in [0.1, 0.15) is 39.5 Å². The second-order valence-corrected chi connectivity index (χ2v) is 9.88. The van der Waals surface area contributed by atoms with Gasteiger partial charge in [-0.15, -0.1) is 11.6 Å². The number of hydrogen-bond acceptors (Lipinski definition) is 2. The van der Waals surface area contributed by atoms with Crippen LogP contribution in [0.5, 0.6) is 0 Å². The molecule has 0 bridgehead atoms. The number of quaternary nitrogens is 1. The Labute approximate surface area is 135 Å². The zero-order valence-corrected chi connectivity index (χ0v) is 14.9. The molecule has 0 aromatic carbocycles. The Hall–Kier alpha value is 0.650. The van der Waals surface area contributed by atoms with Gasteiger partial charge in [-0.1, -0.05) is 15.9 Å². The van der Waals surface area contributed by atoms with Gasteiger partial charge in [-0.25, -0.2) is 0 Å². The maximum atomic E-state index is 6.44. The van der Waals surface area contributed by atoms with Crippen LogP contribution >= 0.6 is 27.5 Å². The van der Waals surface area contributed by atoms with Crippen molar-refractivity contribution < 1.29 is 14.8 Å². The van der Waals surface area contributed by atoms with Crippen LogP contribution in [0.4, 0.5) is 0 Å². The summed E-state index contributed by atoms with van der Waals surface area (Å²) < 4.78 is 11.6. The van der Waals surface area contributed by atoms with Crippen LogP contribution in [-0.4, -0.2) is 41.3 Å². The van der Waals surface area contributed by atoms with Crippen LogP contribution in [0.2, 0.25) is 0 Å². The fraction of sp³-hybridized carbons (Fsp3) is 1.00. The first-order valence-corrected chi connectivity index (χ1v) is 8.98. The fourth-order valence-electron chi connectivity index (χ4n) is 4.54. The van der Waals surface area contributed by atoms with E-state index in [0.29, 0.717) is 36.1 Å². The molecule has 3 nitrogen and oxygen atoms in total. The number of nitrogens with two attached hydrogens (primary N) is 1. The lowest BCUT2D eigenvalue weighted by molar-refractivity contribution is -0.745. The fourth-order valence-corrected chi connectivity index (χ4v) is 4.97. The molecule has 2 heterocycles. The quantitative estimate of drug-likeness (QED) is 0.760. The lowest BCUT2D eigenvalue weighted by atomic mass is 9.70. The summed E-state index contributed by atoms with van der Waals surface area (Å²) in [5.74, 6) is 1.24. The summed E-state index contributed by atoms with van der Waals surface area (Å²) in [7, 11) is 1.84. The van der Waals surface area contributed by atoms with Gasteiger partial charge < -0.3 is 14.8 Å². The maximum Gasteiger partial charge on any atom is 0.122 e. The summed E-state index contributed by atoms with van der Waals surface area (Å²) in [5, 5.41) is 2.59. The lowest BCUT2D eigenvalue weighted by Crippen LogP contribution is -3.00. The van der Waals surface area contributed by atoms with Crippen LogP contribution in [0.3, 0.4) is 0 Å². The molecule has 3 aliphatic rings. The molecular formula is C15H26BrClNO2+. The largest absolute Gasteiger partial charge is 0.381 e. The van der Waals surface area contributed by atoms with Gasteiger partial charge in [0, 0.05) is 25.4 Å². The van der Waals surface area contributed by atoms with Gasteiger partial charge in [-0.05, 0) is 33.1 Å². The molecule has 3 rings (SSSR count). The average Bonchev–Trinajstić information content (AvgIpc) is 2.84. The molecule has 2 saturated heterocycles. The normalized spacial score (nSPS) is 51.1. The Morgan fingerprint density at radius 1 is 1.30 bits per heavy atom.